The molecule has 1 heterocycles. The third-order valence-corrected chi connectivity index (χ3v) is 3.34. The van der Waals surface area contributed by atoms with Gasteiger partial charge in [0.25, 0.3) is 5.69 Å². The van der Waals surface area contributed by atoms with Crippen molar-refractivity contribution in [1.82, 2.24) is 10.3 Å². The highest BCUT2D eigenvalue weighted by molar-refractivity contribution is 9.10. The number of nitrogens with zero attached hydrogens (tertiary/aromatic N) is 2. The fourth-order valence-corrected chi connectivity index (χ4v) is 2.06. The van der Waals surface area contributed by atoms with E-state index in [1.807, 2.05) is 20.9 Å². The van der Waals surface area contributed by atoms with E-state index in [1.54, 1.807) is 0 Å². The Morgan fingerprint density at radius 1 is 1.56 bits per heavy atom. The van der Waals surface area contributed by atoms with E-state index < -0.39 is 4.92 Å². The Morgan fingerprint density at radius 3 is 2.62 bits per heavy atom. The molecule has 0 bridgehead atoms. The zero-order valence-corrected chi connectivity index (χ0v) is 11.0. The Hall–Kier alpha value is -1.01. The first kappa shape index (κ1) is 13.1. The predicted octanol–water partition coefficient (Wildman–Crippen LogP) is 2.46. The predicted molar refractivity (Wildman–Crippen MR) is 65.5 cm³/mol. The number of nitrogens with one attached hydrogen (secondary N) is 1. The van der Waals surface area contributed by atoms with Crippen LogP contribution in [0.2, 0.25) is 0 Å². The molecule has 0 radical (unpaired) electrons. The van der Waals surface area contributed by atoms with Crippen molar-refractivity contribution in [2.24, 2.45) is 0 Å². The maximum Gasteiger partial charge on any atom is 0.288 e. The highest BCUT2D eigenvalue weighted by Gasteiger charge is 2.19. The average molecular weight is 288 g/mol. The third-order valence-electron chi connectivity index (χ3n) is 2.70. The Labute approximate surface area is 103 Å². The zero-order valence-electron chi connectivity index (χ0n) is 9.40. The molecule has 0 aliphatic heterocycles. The molecule has 2 atom stereocenters. The molecule has 2 unspecified atom stereocenters. The highest BCUT2D eigenvalue weighted by atomic mass is 79.9. The quantitative estimate of drug-likeness (QED) is 0.682. The summed E-state index contributed by atoms with van der Waals surface area (Å²) in [5, 5.41) is 13.7. The van der Waals surface area contributed by atoms with Crippen LogP contribution in [0, 0.1) is 10.1 Å². The van der Waals surface area contributed by atoms with Crippen molar-refractivity contribution >= 4 is 21.6 Å². The van der Waals surface area contributed by atoms with Gasteiger partial charge in [-0.15, -0.1) is 0 Å². The van der Waals surface area contributed by atoms with Crippen LogP contribution in [0.25, 0.3) is 0 Å². The van der Waals surface area contributed by atoms with E-state index in [-0.39, 0.29) is 17.6 Å². The second kappa shape index (κ2) is 5.36. The largest absolute Gasteiger partial charge is 0.317 e. The number of hydrogen-bond donors (Lipinski definition) is 1. The van der Waals surface area contributed by atoms with E-state index in [9.17, 15) is 10.1 Å². The maximum absolute atomic E-state index is 10.6. The molecule has 0 amide bonds. The van der Waals surface area contributed by atoms with Crippen LogP contribution in [0.15, 0.2) is 16.7 Å². The van der Waals surface area contributed by atoms with Gasteiger partial charge in [-0.2, -0.15) is 0 Å². The third kappa shape index (κ3) is 2.76. The molecular formula is C10H14BrN3O2. The van der Waals surface area contributed by atoms with Gasteiger partial charge in [0.1, 0.15) is 6.20 Å². The summed E-state index contributed by atoms with van der Waals surface area (Å²) in [6, 6.07) is 1.74. The van der Waals surface area contributed by atoms with Gasteiger partial charge in [-0.25, -0.2) is 0 Å². The smallest absolute Gasteiger partial charge is 0.288 e. The van der Waals surface area contributed by atoms with Crippen molar-refractivity contribution in [2.75, 3.05) is 7.05 Å². The number of aromatic nitrogens is 1. The Kier molecular flexibility index (Phi) is 4.37. The minimum atomic E-state index is -0.451. The number of rotatable bonds is 4. The van der Waals surface area contributed by atoms with E-state index >= 15 is 0 Å². The lowest BCUT2D eigenvalue weighted by molar-refractivity contribution is -0.385. The summed E-state index contributed by atoms with van der Waals surface area (Å²) < 4.78 is 0.677. The molecule has 88 valence electrons. The molecule has 1 aromatic heterocycles. The van der Waals surface area contributed by atoms with E-state index in [1.165, 1.54) is 12.3 Å². The molecule has 0 fully saturated rings. The number of nitro groups is 1. The van der Waals surface area contributed by atoms with E-state index in [0.717, 1.165) is 5.69 Å². The Bertz CT molecular complexity index is 398. The fraction of sp³-hybridized carbons (Fsp3) is 0.500. The summed E-state index contributed by atoms with van der Waals surface area (Å²) in [6.45, 7) is 4.07. The van der Waals surface area contributed by atoms with Crippen LogP contribution in [0.4, 0.5) is 5.69 Å². The molecule has 0 aliphatic carbocycles. The first-order valence-electron chi connectivity index (χ1n) is 4.94. The van der Waals surface area contributed by atoms with Crippen molar-refractivity contribution in [2.45, 2.75) is 25.8 Å². The summed E-state index contributed by atoms with van der Waals surface area (Å²) in [7, 11) is 1.88. The Morgan fingerprint density at radius 2 is 2.19 bits per heavy atom. The highest BCUT2D eigenvalue weighted by Crippen LogP contribution is 2.27. The SMILES string of the molecule is CNC(C)C(C)c1ncc([N+](=O)[O-])cc1Br. The minimum absolute atomic E-state index is 0.0000595. The van der Waals surface area contributed by atoms with Gasteiger partial charge >= 0.3 is 0 Å². The summed E-state index contributed by atoms with van der Waals surface area (Å²) >= 11 is 3.32. The molecule has 16 heavy (non-hydrogen) atoms. The standard InChI is InChI=1S/C10H14BrN3O2/c1-6(7(2)12-3)10-9(11)4-8(5-13-10)14(15)16/h4-7,12H,1-3H3. The lowest BCUT2D eigenvalue weighted by Crippen LogP contribution is -2.27. The molecule has 6 heteroatoms. The zero-order chi connectivity index (χ0) is 12.3. The summed E-state index contributed by atoms with van der Waals surface area (Å²) in [5.74, 6) is 0.181. The molecule has 0 aromatic carbocycles. The van der Waals surface area contributed by atoms with Crippen molar-refractivity contribution < 1.29 is 4.92 Å². The number of likely N-dealkylation sites (N-methyl/N-ethyl adjacent to an activating group) is 1. The lowest BCUT2D eigenvalue weighted by Gasteiger charge is -2.19. The molecule has 0 saturated carbocycles. The van der Waals surface area contributed by atoms with Crippen molar-refractivity contribution in [3.8, 4) is 0 Å². The molecule has 0 aliphatic rings. The molecule has 5 nitrogen and oxygen atoms in total. The van der Waals surface area contributed by atoms with Crippen molar-refractivity contribution in [3.63, 3.8) is 0 Å². The maximum atomic E-state index is 10.6. The van der Waals surface area contributed by atoms with E-state index in [0.29, 0.717) is 4.47 Å². The van der Waals surface area contributed by atoms with Gasteiger partial charge in [-0.3, -0.25) is 15.1 Å². The number of pyridine rings is 1. The molecule has 0 saturated heterocycles. The van der Waals surface area contributed by atoms with Crippen LogP contribution in [-0.4, -0.2) is 23.0 Å². The van der Waals surface area contributed by atoms with Gasteiger partial charge in [0, 0.05) is 22.5 Å². The van der Waals surface area contributed by atoms with Crippen LogP contribution in [-0.2, 0) is 0 Å². The van der Waals surface area contributed by atoms with Crippen molar-refractivity contribution in [1.29, 1.82) is 0 Å². The molecule has 1 aromatic rings. The first-order chi connectivity index (χ1) is 7.47. The van der Waals surface area contributed by atoms with Crippen LogP contribution >= 0.6 is 15.9 Å². The molecule has 1 N–H and O–H groups in total. The van der Waals surface area contributed by atoms with Crippen LogP contribution in [0.1, 0.15) is 25.5 Å². The summed E-state index contributed by atoms with van der Waals surface area (Å²) in [5.41, 5.74) is 0.826. The van der Waals surface area contributed by atoms with E-state index in [2.05, 4.69) is 26.2 Å². The normalized spacial score (nSPS) is 14.5. The van der Waals surface area contributed by atoms with Gasteiger partial charge in [0.2, 0.25) is 0 Å². The van der Waals surface area contributed by atoms with Gasteiger partial charge in [-0.05, 0) is 29.9 Å². The van der Waals surface area contributed by atoms with Gasteiger partial charge in [0.05, 0.1) is 10.6 Å². The van der Waals surface area contributed by atoms with E-state index in [4.69, 9.17) is 0 Å². The van der Waals surface area contributed by atoms with Crippen LogP contribution < -0.4 is 5.32 Å². The molecule has 0 spiro atoms. The minimum Gasteiger partial charge on any atom is -0.317 e. The summed E-state index contributed by atoms with van der Waals surface area (Å²) in [6.07, 6.45) is 1.29. The number of hydrogen-bond acceptors (Lipinski definition) is 4. The molecular weight excluding hydrogens is 274 g/mol. The topological polar surface area (TPSA) is 68.1 Å². The first-order valence-corrected chi connectivity index (χ1v) is 5.73. The van der Waals surface area contributed by atoms with Crippen molar-refractivity contribution in [3.05, 3.63) is 32.5 Å². The van der Waals surface area contributed by atoms with Gasteiger partial charge in [-0.1, -0.05) is 6.92 Å². The summed E-state index contributed by atoms with van der Waals surface area (Å²) in [4.78, 5) is 14.2. The molecule has 1 rings (SSSR count). The second-order valence-electron chi connectivity index (χ2n) is 3.68. The average Bonchev–Trinajstić information content (AvgIpc) is 2.26. The lowest BCUT2D eigenvalue weighted by atomic mass is 9.99. The second-order valence-corrected chi connectivity index (χ2v) is 4.54. The number of halogens is 1. The van der Waals surface area contributed by atoms with Gasteiger partial charge < -0.3 is 5.32 Å². The van der Waals surface area contributed by atoms with Gasteiger partial charge in [0.15, 0.2) is 0 Å². The Balaban J connectivity index is 3.03. The monoisotopic (exact) mass is 287 g/mol. The van der Waals surface area contributed by atoms with Crippen LogP contribution in [0.5, 0.6) is 0 Å². The van der Waals surface area contributed by atoms with Crippen LogP contribution in [0.3, 0.4) is 0 Å². The fourth-order valence-electron chi connectivity index (χ4n) is 1.36.